The number of nitrogens with one attached hydrogen (secondary N) is 1. The van der Waals surface area contributed by atoms with Gasteiger partial charge in [-0.3, -0.25) is 10.2 Å². The van der Waals surface area contributed by atoms with Gasteiger partial charge in [-0.2, -0.15) is 0 Å². The van der Waals surface area contributed by atoms with E-state index < -0.39 is 0 Å². The molecule has 1 amide bonds. The second-order valence-electron chi connectivity index (χ2n) is 4.36. The molecule has 1 aromatic carbocycles. The molecule has 1 rings (SSSR count). The number of carbonyl (C=O) groups excluding carboxylic acids is 1. The van der Waals surface area contributed by atoms with E-state index in [2.05, 4.69) is 36.6 Å². The molecule has 4 heteroatoms. The number of thioether (sulfide) groups is 1. The summed E-state index contributed by atoms with van der Waals surface area (Å²) in [7, 11) is 3.64. The Morgan fingerprint density at radius 3 is 2.50 bits per heavy atom. The van der Waals surface area contributed by atoms with Gasteiger partial charge in [0.05, 0.1) is 0 Å². The quantitative estimate of drug-likeness (QED) is 0.608. The first-order chi connectivity index (χ1) is 8.61. The van der Waals surface area contributed by atoms with Crippen LogP contribution in [0.1, 0.15) is 25.3 Å². The van der Waals surface area contributed by atoms with Crippen molar-refractivity contribution in [2.24, 2.45) is 0 Å². The molecule has 0 atom stereocenters. The van der Waals surface area contributed by atoms with Crippen LogP contribution in [0.3, 0.4) is 0 Å². The molecule has 0 saturated heterocycles. The SMILES string of the molecule is CCSc1ccc(CCCC(=O)NN(C)C)cc1. The standard InChI is InChI=1S/C14H22N2OS/c1-4-18-13-10-8-12(9-11-13)6-5-7-14(17)15-16(2)3/h8-11H,4-7H2,1-3H3,(H,15,17). The highest BCUT2D eigenvalue weighted by Crippen LogP contribution is 2.18. The highest BCUT2D eigenvalue weighted by Gasteiger charge is 2.02. The minimum absolute atomic E-state index is 0.0816. The van der Waals surface area contributed by atoms with Crippen molar-refractivity contribution in [1.29, 1.82) is 0 Å². The lowest BCUT2D eigenvalue weighted by atomic mass is 10.1. The molecular formula is C14H22N2OS. The first kappa shape index (κ1) is 15.1. The van der Waals surface area contributed by atoms with Gasteiger partial charge < -0.3 is 0 Å². The number of rotatable bonds is 7. The molecule has 0 fully saturated rings. The zero-order valence-corrected chi connectivity index (χ0v) is 12.2. The van der Waals surface area contributed by atoms with Gasteiger partial charge in [0.25, 0.3) is 0 Å². The number of amides is 1. The molecule has 0 aliphatic carbocycles. The molecule has 0 aliphatic rings. The Morgan fingerprint density at radius 1 is 1.28 bits per heavy atom. The Labute approximate surface area is 114 Å². The van der Waals surface area contributed by atoms with Crippen molar-refractivity contribution >= 4 is 17.7 Å². The van der Waals surface area contributed by atoms with Gasteiger partial charge in [0.15, 0.2) is 0 Å². The Balaban J connectivity index is 2.28. The second kappa shape index (κ2) is 8.16. The van der Waals surface area contributed by atoms with Crippen molar-refractivity contribution in [2.45, 2.75) is 31.1 Å². The van der Waals surface area contributed by atoms with Gasteiger partial charge >= 0.3 is 0 Å². The van der Waals surface area contributed by atoms with E-state index in [0.29, 0.717) is 6.42 Å². The van der Waals surface area contributed by atoms with Crippen molar-refractivity contribution in [3.63, 3.8) is 0 Å². The first-order valence-corrected chi connectivity index (χ1v) is 7.29. The van der Waals surface area contributed by atoms with Gasteiger partial charge in [0, 0.05) is 25.4 Å². The van der Waals surface area contributed by atoms with Crippen LogP contribution in [-0.2, 0) is 11.2 Å². The molecule has 0 spiro atoms. The lowest BCUT2D eigenvalue weighted by Crippen LogP contribution is -2.35. The normalized spacial score (nSPS) is 10.7. The molecule has 0 aromatic heterocycles. The van der Waals surface area contributed by atoms with Crippen LogP contribution < -0.4 is 5.43 Å². The van der Waals surface area contributed by atoms with Crippen LogP contribution in [-0.4, -0.2) is 30.8 Å². The molecule has 1 N–H and O–H groups in total. The van der Waals surface area contributed by atoms with Crippen molar-refractivity contribution in [3.8, 4) is 0 Å². The molecule has 1 aromatic rings. The lowest BCUT2D eigenvalue weighted by molar-refractivity contribution is -0.124. The summed E-state index contributed by atoms with van der Waals surface area (Å²) in [6.45, 7) is 2.15. The number of aryl methyl sites for hydroxylation is 1. The van der Waals surface area contributed by atoms with Gasteiger partial charge in [-0.1, -0.05) is 19.1 Å². The number of nitrogens with zero attached hydrogens (tertiary/aromatic N) is 1. The maximum atomic E-state index is 11.4. The highest BCUT2D eigenvalue weighted by molar-refractivity contribution is 7.99. The molecule has 0 unspecified atom stereocenters. The summed E-state index contributed by atoms with van der Waals surface area (Å²) in [5.74, 6) is 1.18. The predicted molar refractivity (Wildman–Crippen MR) is 77.6 cm³/mol. The molecule has 18 heavy (non-hydrogen) atoms. The van der Waals surface area contributed by atoms with Crippen LogP contribution in [0.4, 0.5) is 0 Å². The molecule has 0 saturated carbocycles. The number of hydrogen-bond donors (Lipinski definition) is 1. The number of carbonyl (C=O) groups is 1. The second-order valence-corrected chi connectivity index (χ2v) is 5.70. The number of hydrogen-bond acceptors (Lipinski definition) is 3. The molecule has 0 heterocycles. The summed E-state index contributed by atoms with van der Waals surface area (Å²) in [6, 6.07) is 8.62. The van der Waals surface area contributed by atoms with Crippen LogP contribution in [0.2, 0.25) is 0 Å². The van der Waals surface area contributed by atoms with Crippen molar-refractivity contribution in [3.05, 3.63) is 29.8 Å². The zero-order valence-electron chi connectivity index (χ0n) is 11.4. The Bertz CT molecular complexity index is 363. The van der Waals surface area contributed by atoms with E-state index in [1.54, 1.807) is 5.01 Å². The zero-order chi connectivity index (χ0) is 13.4. The predicted octanol–water partition coefficient (Wildman–Crippen LogP) is 2.71. The summed E-state index contributed by atoms with van der Waals surface area (Å²) in [6.07, 6.45) is 2.42. The average molecular weight is 266 g/mol. The fourth-order valence-electron chi connectivity index (χ4n) is 1.68. The van der Waals surface area contributed by atoms with E-state index in [1.807, 2.05) is 25.9 Å². The molecule has 0 radical (unpaired) electrons. The Morgan fingerprint density at radius 2 is 1.94 bits per heavy atom. The Kier molecular flexibility index (Phi) is 6.83. The average Bonchev–Trinajstić information content (AvgIpc) is 2.31. The topological polar surface area (TPSA) is 32.3 Å². The smallest absolute Gasteiger partial charge is 0.234 e. The molecule has 100 valence electrons. The van der Waals surface area contributed by atoms with E-state index in [-0.39, 0.29) is 5.91 Å². The van der Waals surface area contributed by atoms with Crippen molar-refractivity contribution in [1.82, 2.24) is 10.4 Å². The van der Waals surface area contributed by atoms with Crippen LogP contribution in [0, 0.1) is 0 Å². The number of hydrazine groups is 1. The van der Waals surface area contributed by atoms with Crippen LogP contribution in [0.25, 0.3) is 0 Å². The summed E-state index contributed by atoms with van der Waals surface area (Å²) in [5.41, 5.74) is 4.05. The summed E-state index contributed by atoms with van der Waals surface area (Å²) >= 11 is 1.85. The first-order valence-electron chi connectivity index (χ1n) is 6.30. The van der Waals surface area contributed by atoms with Gasteiger partial charge in [0.2, 0.25) is 5.91 Å². The minimum atomic E-state index is 0.0816. The van der Waals surface area contributed by atoms with E-state index >= 15 is 0 Å². The number of benzene rings is 1. The van der Waals surface area contributed by atoms with Crippen LogP contribution >= 0.6 is 11.8 Å². The third-order valence-electron chi connectivity index (χ3n) is 2.45. The van der Waals surface area contributed by atoms with E-state index in [4.69, 9.17) is 0 Å². The largest absolute Gasteiger partial charge is 0.289 e. The van der Waals surface area contributed by atoms with E-state index in [9.17, 15) is 4.79 Å². The van der Waals surface area contributed by atoms with E-state index in [1.165, 1.54) is 10.5 Å². The summed E-state index contributed by atoms with van der Waals surface area (Å²) < 4.78 is 0. The molecular weight excluding hydrogens is 244 g/mol. The fraction of sp³-hybridized carbons (Fsp3) is 0.500. The monoisotopic (exact) mass is 266 g/mol. The third-order valence-corrected chi connectivity index (χ3v) is 3.35. The summed E-state index contributed by atoms with van der Waals surface area (Å²) in [5, 5.41) is 1.68. The van der Waals surface area contributed by atoms with E-state index in [0.717, 1.165) is 18.6 Å². The van der Waals surface area contributed by atoms with Crippen LogP contribution in [0.15, 0.2) is 29.2 Å². The van der Waals surface area contributed by atoms with Gasteiger partial charge in [-0.15, -0.1) is 11.8 Å². The molecule has 3 nitrogen and oxygen atoms in total. The molecule has 0 bridgehead atoms. The van der Waals surface area contributed by atoms with Gasteiger partial charge in [-0.25, -0.2) is 5.01 Å². The fourth-order valence-corrected chi connectivity index (χ4v) is 2.34. The maximum absolute atomic E-state index is 11.4. The molecule has 0 aliphatic heterocycles. The Hall–Kier alpha value is -1.00. The maximum Gasteiger partial charge on any atom is 0.234 e. The summed E-state index contributed by atoms with van der Waals surface area (Å²) in [4.78, 5) is 12.7. The minimum Gasteiger partial charge on any atom is -0.289 e. The highest BCUT2D eigenvalue weighted by atomic mass is 32.2. The van der Waals surface area contributed by atoms with Crippen LogP contribution in [0.5, 0.6) is 0 Å². The van der Waals surface area contributed by atoms with Gasteiger partial charge in [0.1, 0.15) is 0 Å². The lowest BCUT2D eigenvalue weighted by Gasteiger charge is -2.11. The third kappa shape index (κ3) is 6.07. The van der Waals surface area contributed by atoms with Crippen molar-refractivity contribution < 1.29 is 4.79 Å². The van der Waals surface area contributed by atoms with Crippen molar-refractivity contribution in [2.75, 3.05) is 19.8 Å². The van der Waals surface area contributed by atoms with Gasteiger partial charge in [-0.05, 0) is 36.3 Å².